The summed E-state index contributed by atoms with van der Waals surface area (Å²) < 4.78 is 14.1. The predicted molar refractivity (Wildman–Crippen MR) is 77.0 cm³/mol. The van der Waals surface area contributed by atoms with Crippen molar-refractivity contribution in [1.29, 1.82) is 5.26 Å². The summed E-state index contributed by atoms with van der Waals surface area (Å²) in [7, 11) is 0. The summed E-state index contributed by atoms with van der Waals surface area (Å²) >= 11 is 5.19. The summed E-state index contributed by atoms with van der Waals surface area (Å²) in [6, 6.07) is 13.6. The first-order valence-corrected chi connectivity index (χ1v) is 6.28. The van der Waals surface area contributed by atoms with Gasteiger partial charge in [0, 0.05) is 16.3 Å². The van der Waals surface area contributed by atoms with Gasteiger partial charge in [-0.2, -0.15) is 10.4 Å². The van der Waals surface area contributed by atoms with Crippen LogP contribution in [0.25, 0.3) is 22.0 Å². The highest BCUT2D eigenvalue weighted by Gasteiger charge is 2.09. The van der Waals surface area contributed by atoms with Crippen LogP contribution in [-0.4, -0.2) is 10.2 Å². The van der Waals surface area contributed by atoms with Crippen LogP contribution in [0.5, 0.6) is 0 Å². The minimum absolute atomic E-state index is 0.258. The van der Waals surface area contributed by atoms with E-state index in [4.69, 9.17) is 17.5 Å². The van der Waals surface area contributed by atoms with Crippen LogP contribution >= 0.6 is 12.2 Å². The molecule has 0 aliphatic heterocycles. The highest BCUT2D eigenvalue weighted by atomic mass is 32.1. The number of aromatic amines is 1. The molecule has 0 atom stereocenters. The maximum Gasteiger partial charge on any atom is 0.127 e. The lowest BCUT2D eigenvalue weighted by Crippen LogP contribution is -1.93. The molecule has 5 heteroatoms. The Kier molecular flexibility index (Phi) is 3.01. The predicted octanol–water partition coefficient (Wildman–Crippen LogP) is 3.97. The van der Waals surface area contributed by atoms with Crippen molar-refractivity contribution in [3.8, 4) is 17.3 Å². The molecule has 2 aromatic carbocycles. The Morgan fingerprint density at radius 1 is 1.15 bits per heavy atom. The Bertz CT molecular complexity index is 909. The molecule has 1 aromatic heterocycles. The van der Waals surface area contributed by atoms with E-state index in [1.54, 1.807) is 6.07 Å². The normalized spacial score (nSPS) is 10.4. The molecule has 1 heterocycles. The zero-order valence-corrected chi connectivity index (χ0v) is 11.0. The summed E-state index contributed by atoms with van der Waals surface area (Å²) in [6.45, 7) is 0. The van der Waals surface area contributed by atoms with Gasteiger partial charge in [0.2, 0.25) is 0 Å². The van der Waals surface area contributed by atoms with Crippen molar-refractivity contribution in [1.82, 2.24) is 10.2 Å². The van der Waals surface area contributed by atoms with Crippen molar-refractivity contribution in [3.63, 3.8) is 0 Å². The number of nitriles is 1. The number of fused-ring (bicyclic) bond motifs is 1. The molecule has 0 aliphatic carbocycles. The quantitative estimate of drug-likeness (QED) is 0.687. The molecule has 20 heavy (non-hydrogen) atoms. The summed E-state index contributed by atoms with van der Waals surface area (Å²) in [5.74, 6) is -0.465. The maximum atomic E-state index is 13.6. The number of hydrogen-bond acceptors (Lipinski definition) is 3. The molecule has 96 valence electrons. The van der Waals surface area contributed by atoms with E-state index < -0.39 is 5.82 Å². The zero-order chi connectivity index (χ0) is 14.1. The van der Waals surface area contributed by atoms with Crippen molar-refractivity contribution in [3.05, 3.63) is 58.5 Å². The third-order valence-corrected chi connectivity index (χ3v) is 3.31. The highest BCUT2D eigenvalue weighted by molar-refractivity contribution is 7.71. The second-order valence-corrected chi connectivity index (χ2v) is 4.70. The minimum atomic E-state index is -0.465. The van der Waals surface area contributed by atoms with Gasteiger partial charge in [0.05, 0.1) is 17.3 Å². The van der Waals surface area contributed by atoms with Gasteiger partial charge in [-0.3, -0.25) is 5.10 Å². The van der Waals surface area contributed by atoms with E-state index in [0.717, 1.165) is 10.8 Å². The van der Waals surface area contributed by atoms with Gasteiger partial charge in [0.1, 0.15) is 10.5 Å². The Morgan fingerprint density at radius 3 is 2.65 bits per heavy atom. The first-order chi connectivity index (χ1) is 9.69. The molecule has 0 radical (unpaired) electrons. The monoisotopic (exact) mass is 281 g/mol. The lowest BCUT2D eigenvalue weighted by atomic mass is 10.0. The molecular weight excluding hydrogens is 273 g/mol. The Balaban J connectivity index is 2.36. The second-order valence-electron chi connectivity index (χ2n) is 4.29. The minimum Gasteiger partial charge on any atom is -0.267 e. The molecule has 3 nitrogen and oxygen atoms in total. The molecular formula is C15H8FN3S. The topological polar surface area (TPSA) is 52.5 Å². The van der Waals surface area contributed by atoms with Crippen LogP contribution in [0.4, 0.5) is 4.39 Å². The molecule has 0 spiro atoms. The molecule has 0 amide bonds. The fourth-order valence-corrected chi connectivity index (χ4v) is 2.35. The van der Waals surface area contributed by atoms with E-state index in [2.05, 4.69) is 10.2 Å². The third-order valence-electron chi connectivity index (χ3n) is 3.00. The van der Waals surface area contributed by atoms with Crippen LogP contribution < -0.4 is 0 Å². The van der Waals surface area contributed by atoms with Gasteiger partial charge in [0.15, 0.2) is 0 Å². The van der Waals surface area contributed by atoms with Gasteiger partial charge in [-0.25, -0.2) is 4.39 Å². The summed E-state index contributed by atoms with van der Waals surface area (Å²) in [5.41, 5.74) is 1.38. The van der Waals surface area contributed by atoms with Crippen LogP contribution in [0.2, 0.25) is 0 Å². The number of benzene rings is 2. The molecule has 1 N–H and O–H groups in total. The van der Waals surface area contributed by atoms with Gasteiger partial charge in [-0.05, 0) is 18.2 Å². The Morgan fingerprint density at radius 2 is 1.90 bits per heavy atom. The molecule has 0 saturated heterocycles. The fraction of sp³-hybridized carbons (Fsp3) is 0. The SMILES string of the molecule is N#Cc1cc(F)cc(-c2n[nH]c(=S)c3ccccc23)c1. The molecule has 0 bridgehead atoms. The number of aromatic nitrogens is 2. The Labute approximate surface area is 119 Å². The number of rotatable bonds is 1. The average molecular weight is 281 g/mol. The molecule has 0 saturated carbocycles. The number of halogens is 1. The highest BCUT2D eigenvalue weighted by Crippen LogP contribution is 2.27. The van der Waals surface area contributed by atoms with E-state index in [1.807, 2.05) is 30.3 Å². The standard InChI is InChI=1S/C15H8FN3S/c16-11-6-9(8-17)5-10(7-11)14-12-3-1-2-4-13(12)15(20)19-18-14/h1-7H,(H,19,20). The van der Waals surface area contributed by atoms with Gasteiger partial charge in [-0.15, -0.1) is 0 Å². The third kappa shape index (κ3) is 2.06. The van der Waals surface area contributed by atoms with Crippen LogP contribution in [0.3, 0.4) is 0 Å². The Hall–Kier alpha value is -2.58. The largest absolute Gasteiger partial charge is 0.267 e. The van der Waals surface area contributed by atoms with E-state index in [1.165, 1.54) is 12.1 Å². The first-order valence-electron chi connectivity index (χ1n) is 5.87. The van der Waals surface area contributed by atoms with Gasteiger partial charge in [0.25, 0.3) is 0 Å². The first kappa shape index (κ1) is 12.5. The second kappa shape index (κ2) is 4.83. The summed E-state index contributed by atoms with van der Waals surface area (Å²) in [4.78, 5) is 0. The van der Waals surface area contributed by atoms with Crippen molar-refractivity contribution < 1.29 is 4.39 Å². The van der Waals surface area contributed by atoms with Crippen molar-refractivity contribution in [2.24, 2.45) is 0 Å². The van der Waals surface area contributed by atoms with E-state index in [0.29, 0.717) is 15.9 Å². The molecule has 0 fully saturated rings. The average Bonchev–Trinajstić information content (AvgIpc) is 2.47. The summed E-state index contributed by atoms with van der Waals surface area (Å²) in [5, 5.41) is 17.5. The molecule has 0 unspecified atom stereocenters. The van der Waals surface area contributed by atoms with Crippen molar-refractivity contribution >= 4 is 23.0 Å². The van der Waals surface area contributed by atoms with Crippen LogP contribution in [0.1, 0.15) is 5.56 Å². The smallest absolute Gasteiger partial charge is 0.127 e. The van der Waals surface area contributed by atoms with E-state index in [-0.39, 0.29) is 5.56 Å². The number of nitrogens with one attached hydrogen (secondary N) is 1. The van der Waals surface area contributed by atoms with Gasteiger partial charge in [-0.1, -0.05) is 36.5 Å². The number of hydrogen-bond donors (Lipinski definition) is 1. The van der Waals surface area contributed by atoms with Gasteiger partial charge < -0.3 is 0 Å². The lowest BCUT2D eigenvalue weighted by Gasteiger charge is -2.06. The van der Waals surface area contributed by atoms with Crippen LogP contribution in [0.15, 0.2) is 42.5 Å². The van der Waals surface area contributed by atoms with Gasteiger partial charge >= 0.3 is 0 Å². The van der Waals surface area contributed by atoms with Crippen molar-refractivity contribution in [2.45, 2.75) is 0 Å². The summed E-state index contributed by atoms with van der Waals surface area (Å²) in [6.07, 6.45) is 0. The molecule has 0 aliphatic rings. The van der Waals surface area contributed by atoms with Crippen LogP contribution in [-0.2, 0) is 0 Å². The number of nitrogens with zero attached hydrogens (tertiary/aromatic N) is 2. The molecule has 3 aromatic rings. The van der Waals surface area contributed by atoms with E-state index in [9.17, 15) is 4.39 Å². The van der Waals surface area contributed by atoms with Crippen molar-refractivity contribution in [2.75, 3.05) is 0 Å². The van der Waals surface area contributed by atoms with E-state index >= 15 is 0 Å². The maximum absolute atomic E-state index is 13.6. The zero-order valence-electron chi connectivity index (χ0n) is 10.2. The number of H-pyrrole nitrogens is 1. The molecule has 3 rings (SSSR count). The van der Waals surface area contributed by atoms with Crippen LogP contribution in [0, 0.1) is 21.8 Å². The fourth-order valence-electron chi connectivity index (χ4n) is 2.13. The lowest BCUT2D eigenvalue weighted by molar-refractivity contribution is 0.628.